The third-order valence-corrected chi connectivity index (χ3v) is 15.6. The van der Waals surface area contributed by atoms with E-state index in [0.29, 0.717) is 71.5 Å². The molecule has 17 heteroatoms. The number of aryl methyl sites for hydroxylation is 1. The molecule has 364 valence electrons. The number of aliphatic hydroxyl groups is 1. The van der Waals surface area contributed by atoms with Crippen molar-refractivity contribution in [3.8, 4) is 29.6 Å². The van der Waals surface area contributed by atoms with Gasteiger partial charge in [0.05, 0.1) is 34.2 Å². The Bertz CT molecular complexity index is 3160. The number of benzene rings is 3. The van der Waals surface area contributed by atoms with Crippen LogP contribution in [-0.4, -0.2) is 128 Å². The highest BCUT2D eigenvalue weighted by molar-refractivity contribution is 6.02. The first-order valence-corrected chi connectivity index (χ1v) is 24.7. The summed E-state index contributed by atoms with van der Waals surface area (Å²) in [6.07, 6.45) is 13.4. The molecule has 1 saturated carbocycles. The SMILES string of the molecule is C#Cc1c(F)ccc2cccc(-c3ncc4c(N5CCC[C@@](C)(O)C5)nc(OCC5(CN6CCN(CC7CCN(c8ccc9c(c8)n(C)c(=O)n9C8CCC(=O)NC8=O)CC7)CC6)CC5)nc4c3F)c12. The summed E-state index contributed by atoms with van der Waals surface area (Å²) in [4.78, 5) is 61.4. The Morgan fingerprint density at radius 3 is 2.44 bits per heavy atom. The molecule has 0 radical (unpaired) electrons. The van der Waals surface area contributed by atoms with Gasteiger partial charge in [-0.2, -0.15) is 9.97 Å². The molecule has 0 spiro atoms. The van der Waals surface area contributed by atoms with Crippen molar-refractivity contribution in [2.24, 2.45) is 18.4 Å². The predicted molar refractivity (Wildman–Crippen MR) is 264 cm³/mol. The van der Waals surface area contributed by atoms with Gasteiger partial charge in [-0.05, 0) is 87.4 Å². The van der Waals surface area contributed by atoms with Crippen molar-refractivity contribution in [3.05, 3.63) is 82.4 Å². The average molecular weight is 953 g/mol. The van der Waals surface area contributed by atoms with Gasteiger partial charge in [0.25, 0.3) is 0 Å². The van der Waals surface area contributed by atoms with Gasteiger partial charge in [-0.25, -0.2) is 13.6 Å². The van der Waals surface area contributed by atoms with E-state index in [1.165, 1.54) is 10.6 Å². The minimum atomic E-state index is -0.958. The summed E-state index contributed by atoms with van der Waals surface area (Å²) in [5.74, 6) is 1.49. The molecule has 4 aliphatic heterocycles. The van der Waals surface area contributed by atoms with Gasteiger partial charge >= 0.3 is 11.7 Å². The van der Waals surface area contributed by atoms with E-state index < -0.39 is 29.2 Å². The summed E-state index contributed by atoms with van der Waals surface area (Å²) in [6, 6.07) is 13.6. The Hall–Kier alpha value is -6.48. The number of fused-ring (bicyclic) bond motifs is 3. The van der Waals surface area contributed by atoms with Gasteiger partial charge in [0.2, 0.25) is 11.8 Å². The molecule has 7 heterocycles. The summed E-state index contributed by atoms with van der Waals surface area (Å²) in [5, 5.41) is 14.9. The zero-order valence-corrected chi connectivity index (χ0v) is 39.7. The normalized spacial score (nSPS) is 22.5. The third kappa shape index (κ3) is 8.64. The van der Waals surface area contributed by atoms with E-state index in [1.807, 2.05) is 23.1 Å². The van der Waals surface area contributed by atoms with Crippen LogP contribution in [0.15, 0.2) is 59.5 Å². The summed E-state index contributed by atoms with van der Waals surface area (Å²) >= 11 is 0. The number of hydrogen-bond donors (Lipinski definition) is 2. The van der Waals surface area contributed by atoms with E-state index in [4.69, 9.17) is 16.1 Å². The van der Waals surface area contributed by atoms with Crippen molar-refractivity contribution >= 4 is 56.0 Å². The average Bonchev–Trinajstić information content (AvgIpc) is 4.08. The highest BCUT2D eigenvalue weighted by Gasteiger charge is 2.46. The number of anilines is 2. The molecule has 2 N–H and O–H groups in total. The van der Waals surface area contributed by atoms with Crippen LogP contribution in [0.4, 0.5) is 20.3 Å². The Balaban J connectivity index is 0.729. The molecule has 6 aromatic rings. The number of aromatic nitrogens is 5. The molecular formula is C53H58F2N10O5. The van der Waals surface area contributed by atoms with Crippen molar-refractivity contribution in [1.29, 1.82) is 0 Å². The van der Waals surface area contributed by atoms with E-state index in [0.717, 1.165) is 95.7 Å². The number of pyridine rings is 1. The number of ether oxygens (including phenoxy) is 1. The maximum absolute atomic E-state index is 17.0. The Morgan fingerprint density at radius 1 is 0.914 bits per heavy atom. The zero-order chi connectivity index (χ0) is 48.5. The molecule has 2 amide bonds. The van der Waals surface area contributed by atoms with Crippen LogP contribution in [-0.2, 0) is 16.6 Å². The second-order valence-electron chi connectivity index (χ2n) is 20.7. The fourth-order valence-electron chi connectivity index (χ4n) is 11.5. The van der Waals surface area contributed by atoms with Crippen molar-refractivity contribution in [2.75, 3.05) is 81.9 Å². The molecule has 5 aliphatic rings. The van der Waals surface area contributed by atoms with Gasteiger partial charge < -0.3 is 29.4 Å². The number of rotatable bonds is 11. The number of nitrogens with zero attached hydrogens (tertiary/aromatic N) is 9. The number of amides is 2. The number of imide groups is 1. The van der Waals surface area contributed by atoms with Gasteiger partial charge in [-0.1, -0.05) is 30.2 Å². The molecule has 5 fully saturated rings. The number of halogens is 2. The molecule has 11 rings (SSSR count). The minimum Gasteiger partial charge on any atom is -0.463 e. The van der Waals surface area contributed by atoms with Gasteiger partial charge in [0.15, 0.2) is 5.82 Å². The van der Waals surface area contributed by atoms with Crippen LogP contribution >= 0.6 is 0 Å². The molecule has 2 atom stereocenters. The van der Waals surface area contributed by atoms with Crippen LogP contribution in [0.25, 0.3) is 44.0 Å². The van der Waals surface area contributed by atoms with Crippen LogP contribution in [0.3, 0.4) is 0 Å². The lowest BCUT2D eigenvalue weighted by molar-refractivity contribution is -0.135. The Morgan fingerprint density at radius 2 is 1.70 bits per heavy atom. The third-order valence-electron chi connectivity index (χ3n) is 15.6. The Labute approximate surface area is 404 Å². The molecule has 70 heavy (non-hydrogen) atoms. The fraction of sp³-hybridized carbons (Fsp3) is 0.472. The van der Waals surface area contributed by atoms with Crippen LogP contribution in [0.5, 0.6) is 6.01 Å². The summed E-state index contributed by atoms with van der Waals surface area (Å²) in [5.41, 5.74) is 1.67. The largest absolute Gasteiger partial charge is 0.463 e. The summed E-state index contributed by atoms with van der Waals surface area (Å²) in [7, 11) is 1.73. The lowest BCUT2D eigenvalue weighted by atomic mass is 9.95. The lowest BCUT2D eigenvalue weighted by Gasteiger charge is -2.40. The molecule has 1 aliphatic carbocycles. The van der Waals surface area contributed by atoms with Crippen molar-refractivity contribution in [3.63, 3.8) is 0 Å². The maximum atomic E-state index is 17.0. The smallest absolute Gasteiger partial charge is 0.329 e. The van der Waals surface area contributed by atoms with Crippen molar-refractivity contribution in [2.45, 2.75) is 69.9 Å². The molecule has 3 aromatic carbocycles. The first kappa shape index (κ1) is 45.9. The molecular weight excluding hydrogens is 895 g/mol. The van der Waals surface area contributed by atoms with E-state index >= 15 is 4.39 Å². The van der Waals surface area contributed by atoms with Crippen molar-refractivity contribution in [1.82, 2.24) is 39.2 Å². The number of β-amino-alcohol motifs (C(OH)–C–C–N with tert-alkyl or cyclic N) is 1. The second kappa shape index (κ2) is 18.0. The number of carbonyl (C=O) groups is 2. The van der Waals surface area contributed by atoms with E-state index in [9.17, 15) is 23.9 Å². The van der Waals surface area contributed by atoms with Gasteiger partial charge in [-0.15, -0.1) is 6.42 Å². The molecule has 3 aromatic heterocycles. The van der Waals surface area contributed by atoms with E-state index in [2.05, 4.69) is 35.9 Å². The summed E-state index contributed by atoms with van der Waals surface area (Å²) < 4.78 is 41.6. The topological polar surface area (TPSA) is 154 Å². The number of piperazine rings is 1. The number of imidazole rings is 1. The van der Waals surface area contributed by atoms with Crippen LogP contribution in [0, 0.1) is 35.3 Å². The Kier molecular flexibility index (Phi) is 11.8. The second-order valence-corrected chi connectivity index (χ2v) is 20.7. The zero-order valence-electron chi connectivity index (χ0n) is 39.7. The van der Waals surface area contributed by atoms with Crippen LogP contribution in [0.1, 0.15) is 69.9 Å². The number of piperidine rings is 3. The highest BCUT2D eigenvalue weighted by Crippen LogP contribution is 2.47. The first-order chi connectivity index (χ1) is 33.8. The van der Waals surface area contributed by atoms with E-state index in [1.54, 1.807) is 49.0 Å². The number of hydrogen-bond acceptors (Lipinski definition) is 12. The number of nitrogens with one attached hydrogen (secondary N) is 1. The van der Waals surface area contributed by atoms with Crippen LogP contribution in [0.2, 0.25) is 0 Å². The van der Waals surface area contributed by atoms with Crippen molar-refractivity contribution < 1.29 is 28.2 Å². The molecule has 0 bridgehead atoms. The monoisotopic (exact) mass is 952 g/mol. The highest BCUT2D eigenvalue weighted by atomic mass is 19.1. The standard InChI is InChI=1S/C53H58F2N10O5/c1-4-36-39(54)11-9-34-7-5-8-37(44(34)36)46-45(55)47-38(28-56-46)48(64-20-6-17-52(2,69)30-64)59-50(58-47)70-32-53(18-19-53)31-62-25-23-61(24-26-62)29-33-15-21-63(22-16-33)35-10-12-40-42(27-35)60(3)51(68)65(40)41-13-14-43(66)57-49(41)67/h1,5,7-12,27-28,33,41,69H,6,13-26,29-32H2,2-3H3,(H,57,66,67)/t41?,52-/m1/s1. The maximum Gasteiger partial charge on any atom is 0.329 e. The predicted octanol–water partition coefficient (Wildman–Crippen LogP) is 5.78. The summed E-state index contributed by atoms with van der Waals surface area (Å²) in [6.45, 7) is 10.8. The van der Waals surface area contributed by atoms with Gasteiger partial charge in [-0.3, -0.25) is 29.0 Å². The quantitative estimate of drug-likeness (QED) is 0.120. The van der Waals surface area contributed by atoms with E-state index in [-0.39, 0.29) is 46.2 Å². The molecule has 1 unspecified atom stereocenters. The number of carbonyl (C=O) groups excluding carboxylic acids is 2. The minimum absolute atomic E-state index is 0.00433. The molecule has 15 nitrogen and oxygen atoms in total. The number of terminal acetylenes is 1. The fourth-order valence-corrected chi connectivity index (χ4v) is 11.5. The molecule has 4 saturated heterocycles. The van der Waals surface area contributed by atoms with Gasteiger partial charge in [0.1, 0.15) is 28.9 Å². The van der Waals surface area contributed by atoms with Gasteiger partial charge in [0, 0.05) is 107 Å². The van der Waals surface area contributed by atoms with Crippen LogP contribution < -0.4 is 25.5 Å². The lowest BCUT2D eigenvalue weighted by Crippen LogP contribution is -2.50. The first-order valence-electron chi connectivity index (χ1n) is 24.7.